The smallest absolute Gasteiger partial charge is 0.242 e. The normalized spacial score (nSPS) is 11.1. The second-order valence-corrected chi connectivity index (χ2v) is 6.84. The van der Waals surface area contributed by atoms with E-state index in [9.17, 15) is 0 Å². The summed E-state index contributed by atoms with van der Waals surface area (Å²) in [6, 6.07) is 35.7. The SMILES string of the molecule is COc1ccc(/C=C(\B(c2ccccc2)c2ccccc2)c2ccccc2)nc1. The standard InChI is InChI=1S/C26H22BNO/c1-29-25-18-17-24(28-20-25)19-26(21-11-5-2-6-12-21)27(22-13-7-3-8-14-22)23-15-9-4-10-16-23/h2-20H,1H3/b26-19-. The zero-order valence-corrected chi connectivity index (χ0v) is 16.4. The summed E-state index contributed by atoms with van der Waals surface area (Å²) in [7, 11) is 1.66. The molecule has 3 aromatic carbocycles. The number of aromatic nitrogens is 1. The number of hydrogen-bond acceptors (Lipinski definition) is 2. The number of nitrogens with zero attached hydrogens (tertiary/aromatic N) is 1. The van der Waals surface area contributed by atoms with Crippen molar-refractivity contribution in [1.82, 2.24) is 4.98 Å². The van der Waals surface area contributed by atoms with Gasteiger partial charge in [0, 0.05) is 0 Å². The first-order valence-electron chi connectivity index (χ1n) is 9.72. The van der Waals surface area contributed by atoms with Crippen molar-refractivity contribution in [3.05, 3.63) is 121 Å². The Hall–Kier alpha value is -3.59. The summed E-state index contributed by atoms with van der Waals surface area (Å²) >= 11 is 0. The van der Waals surface area contributed by atoms with Crippen LogP contribution in [0.2, 0.25) is 0 Å². The largest absolute Gasteiger partial charge is 0.495 e. The molecule has 0 aliphatic carbocycles. The van der Waals surface area contributed by atoms with E-state index < -0.39 is 0 Å². The van der Waals surface area contributed by atoms with Crippen molar-refractivity contribution in [2.45, 2.75) is 0 Å². The molecule has 0 saturated carbocycles. The highest BCUT2D eigenvalue weighted by Gasteiger charge is 2.25. The Morgan fingerprint density at radius 3 is 1.76 bits per heavy atom. The van der Waals surface area contributed by atoms with Crippen LogP contribution in [0.4, 0.5) is 0 Å². The number of hydrogen-bond donors (Lipinski definition) is 0. The van der Waals surface area contributed by atoms with E-state index in [0.717, 1.165) is 11.4 Å². The Balaban J connectivity index is 1.90. The van der Waals surface area contributed by atoms with Gasteiger partial charge in [-0.2, -0.15) is 0 Å². The van der Waals surface area contributed by atoms with Crippen molar-refractivity contribution < 1.29 is 4.74 Å². The fourth-order valence-electron chi connectivity index (χ4n) is 3.56. The van der Waals surface area contributed by atoms with E-state index in [2.05, 4.69) is 96.0 Å². The molecule has 0 aliphatic heterocycles. The zero-order chi connectivity index (χ0) is 19.9. The highest BCUT2D eigenvalue weighted by Crippen LogP contribution is 2.22. The molecule has 140 valence electrons. The first-order chi connectivity index (χ1) is 14.3. The first kappa shape index (κ1) is 18.8. The molecule has 0 bridgehead atoms. The third-order valence-corrected chi connectivity index (χ3v) is 4.98. The Morgan fingerprint density at radius 2 is 1.28 bits per heavy atom. The molecule has 2 nitrogen and oxygen atoms in total. The zero-order valence-electron chi connectivity index (χ0n) is 16.4. The Morgan fingerprint density at radius 1 is 0.724 bits per heavy atom. The van der Waals surface area contributed by atoms with Gasteiger partial charge in [-0.05, 0) is 23.8 Å². The van der Waals surface area contributed by atoms with Crippen LogP contribution in [-0.2, 0) is 0 Å². The van der Waals surface area contributed by atoms with E-state index in [4.69, 9.17) is 4.74 Å². The van der Waals surface area contributed by atoms with E-state index in [1.165, 1.54) is 22.0 Å². The molecular weight excluding hydrogens is 353 g/mol. The summed E-state index contributed by atoms with van der Waals surface area (Å²) < 4.78 is 5.26. The molecule has 0 atom stereocenters. The third kappa shape index (κ3) is 4.46. The summed E-state index contributed by atoms with van der Waals surface area (Å²) in [6.07, 6.45) is 3.94. The maximum Gasteiger partial charge on any atom is 0.242 e. The second kappa shape index (κ2) is 9.07. The fraction of sp³-hybridized carbons (Fsp3) is 0.0385. The van der Waals surface area contributed by atoms with Gasteiger partial charge in [-0.1, -0.05) is 107 Å². The van der Waals surface area contributed by atoms with E-state index >= 15 is 0 Å². The minimum absolute atomic E-state index is 0.101. The Kier molecular flexibility index (Phi) is 5.87. The average Bonchev–Trinajstić information content (AvgIpc) is 2.81. The molecule has 0 unspecified atom stereocenters. The summed E-state index contributed by atoms with van der Waals surface area (Å²) in [5, 5.41) is 0. The predicted molar refractivity (Wildman–Crippen MR) is 123 cm³/mol. The first-order valence-corrected chi connectivity index (χ1v) is 9.72. The average molecular weight is 375 g/mol. The van der Waals surface area contributed by atoms with Gasteiger partial charge in [0.15, 0.2) is 0 Å². The van der Waals surface area contributed by atoms with Crippen LogP contribution >= 0.6 is 0 Å². The van der Waals surface area contributed by atoms with Gasteiger partial charge in [-0.3, -0.25) is 4.98 Å². The molecule has 0 aliphatic rings. The molecule has 0 fully saturated rings. The van der Waals surface area contributed by atoms with Crippen LogP contribution in [0.5, 0.6) is 5.75 Å². The predicted octanol–water partition coefficient (Wildman–Crippen LogP) is 4.48. The second-order valence-electron chi connectivity index (χ2n) is 6.84. The highest BCUT2D eigenvalue weighted by molar-refractivity contribution is 7.00. The van der Waals surface area contributed by atoms with Gasteiger partial charge >= 0.3 is 0 Å². The molecule has 0 saturated heterocycles. The van der Waals surface area contributed by atoms with Crippen molar-refractivity contribution in [3.63, 3.8) is 0 Å². The monoisotopic (exact) mass is 375 g/mol. The number of rotatable bonds is 6. The molecule has 0 N–H and O–H groups in total. The number of pyridine rings is 1. The van der Waals surface area contributed by atoms with Crippen LogP contribution in [-0.4, -0.2) is 18.8 Å². The van der Waals surface area contributed by atoms with Crippen molar-refractivity contribution in [2.75, 3.05) is 7.11 Å². The van der Waals surface area contributed by atoms with Gasteiger partial charge in [-0.25, -0.2) is 0 Å². The van der Waals surface area contributed by atoms with Crippen LogP contribution in [0.15, 0.2) is 109 Å². The summed E-state index contributed by atoms with van der Waals surface area (Å²) in [5.74, 6) is 0.756. The van der Waals surface area contributed by atoms with Crippen LogP contribution in [0.3, 0.4) is 0 Å². The minimum Gasteiger partial charge on any atom is -0.495 e. The van der Waals surface area contributed by atoms with Gasteiger partial charge in [0.05, 0.1) is 19.0 Å². The lowest BCUT2D eigenvalue weighted by Crippen LogP contribution is -2.43. The molecule has 0 radical (unpaired) electrons. The molecular formula is C26H22BNO. The molecule has 29 heavy (non-hydrogen) atoms. The van der Waals surface area contributed by atoms with Crippen molar-refractivity contribution in [3.8, 4) is 5.75 Å². The molecule has 0 amide bonds. The third-order valence-electron chi connectivity index (χ3n) is 4.98. The molecule has 1 heterocycles. The lowest BCUT2D eigenvalue weighted by atomic mass is 9.35. The molecule has 1 aromatic heterocycles. The lowest BCUT2D eigenvalue weighted by Gasteiger charge is -2.19. The van der Waals surface area contributed by atoms with Crippen LogP contribution in [0.25, 0.3) is 11.5 Å². The highest BCUT2D eigenvalue weighted by atomic mass is 16.5. The number of benzene rings is 3. The summed E-state index contributed by atoms with van der Waals surface area (Å²) in [4.78, 5) is 4.58. The Bertz CT molecular complexity index is 1020. The van der Waals surface area contributed by atoms with Crippen LogP contribution in [0.1, 0.15) is 11.3 Å². The van der Waals surface area contributed by atoms with E-state index in [1.54, 1.807) is 13.3 Å². The lowest BCUT2D eigenvalue weighted by molar-refractivity contribution is 0.413. The molecule has 4 aromatic rings. The number of ether oxygens (including phenoxy) is 1. The summed E-state index contributed by atoms with van der Waals surface area (Å²) in [5.41, 5.74) is 5.80. The minimum atomic E-state index is 0.101. The quantitative estimate of drug-likeness (QED) is 0.464. The van der Waals surface area contributed by atoms with Crippen LogP contribution < -0.4 is 15.7 Å². The fourth-order valence-corrected chi connectivity index (χ4v) is 3.56. The van der Waals surface area contributed by atoms with Crippen molar-refractivity contribution in [2.24, 2.45) is 0 Å². The van der Waals surface area contributed by atoms with Crippen molar-refractivity contribution >= 4 is 29.2 Å². The molecule has 0 spiro atoms. The van der Waals surface area contributed by atoms with Gasteiger partial charge in [-0.15, -0.1) is 0 Å². The summed E-state index contributed by atoms with van der Waals surface area (Å²) in [6.45, 7) is 0.101. The molecule has 3 heteroatoms. The van der Waals surface area contributed by atoms with E-state index in [1.807, 2.05) is 18.2 Å². The van der Waals surface area contributed by atoms with Gasteiger partial charge in [0.25, 0.3) is 0 Å². The molecule has 4 rings (SSSR count). The van der Waals surface area contributed by atoms with Crippen molar-refractivity contribution in [1.29, 1.82) is 0 Å². The maximum absolute atomic E-state index is 5.26. The topological polar surface area (TPSA) is 22.1 Å². The Labute approximate surface area is 172 Å². The maximum atomic E-state index is 5.26. The van der Waals surface area contributed by atoms with Gasteiger partial charge in [0.2, 0.25) is 6.71 Å². The number of methoxy groups -OCH3 is 1. The van der Waals surface area contributed by atoms with Gasteiger partial charge in [0.1, 0.15) is 5.75 Å². The van der Waals surface area contributed by atoms with E-state index in [-0.39, 0.29) is 6.71 Å². The van der Waals surface area contributed by atoms with Crippen LogP contribution in [0, 0.1) is 0 Å². The van der Waals surface area contributed by atoms with E-state index in [0.29, 0.717) is 0 Å². The van der Waals surface area contributed by atoms with Gasteiger partial charge < -0.3 is 4.74 Å².